The quantitative estimate of drug-likeness (QED) is 0.803. The van der Waals surface area contributed by atoms with E-state index in [9.17, 15) is 9.50 Å². The lowest BCUT2D eigenvalue weighted by Gasteiger charge is -2.41. The Labute approximate surface area is 120 Å². The molecule has 20 heavy (non-hydrogen) atoms. The van der Waals surface area contributed by atoms with Crippen LogP contribution in [0.4, 0.5) is 4.39 Å². The number of halogens is 1. The van der Waals surface area contributed by atoms with Crippen molar-refractivity contribution in [2.45, 2.75) is 26.3 Å². The van der Waals surface area contributed by atoms with Crippen molar-refractivity contribution in [1.29, 1.82) is 0 Å². The average Bonchev–Trinajstić information content (AvgIpc) is 2.38. The molecular weight excluding hydrogens is 257 g/mol. The topological polar surface area (TPSA) is 41.5 Å². The van der Waals surface area contributed by atoms with Gasteiger partial charge in [0.1, 0.15) is 5.82 Å². The number of rotatable bonds is 7. The van der Waals surface area contributed by atoms with Gasteiger partial charge in [0, 0.05) is 12.6 Å². The van der Waals surface area contributed by atoms with Gasteiger partial charge >= 0.3 is 0 Å². The molecule has 2 rings (SSSR count). The standard InChI is InChI=1S/C16H24FNO2/c1-12(2)15(7-13-3-5-14(17)6-4-13)18-8-16(9-19)10-20-11-16/h3-6,12,15,18-19H,7-11H2,1-2H3. The number of aliphatic hydroxyl groups excluding tert-OH is 1. The van der Waals surface area contributed by atoms with Crippen molar-refractivity contribution < 1.29 is 14.2 Å². The fourth-order valence-electron chi connectivity index (χ4n) is 2.41. The number of hydrogen-bond donors (Lipinski definition) is 2. The molecule has 0 aromatic heterocycles. The molecule has 2 N–H and O–H groups in total. The van der Waals surface area contributed by atoms with Crippen LogP contribution in [0.5, 0.6) is 0 Å². The third-order valence-electron chi connectivity index (χ3n) is 4.06. The molecule has 1 atom stereocenters. The smallest absolute Gasteiger partial charge is 0.123 e. The number of ether oxygens (including phenoxy) is 1. The van der Waals surface area contributed by atoms with Gasteiger partial charge in [0.2, 0.25) is 0 Å². The van der Waals surface area contributed by atoms with Crippen molar-refractivity contribution in [1.82, 2.24) is 5.32 Å². The van der Waals surface area contributed by atoms with Gasteiger partial charge in [-0.1, -0.05) is 26.0 Å². The zero-order valence-corrected chi connectivity index (χ0v) is 12.2. The Hall–Kier alpha value is -0.970. The van der Waals surface area contributed by atoms with Crippen molar-refractivity contribution >= 4 is 0 Å². The van der Waals surface area contributed by atoms with Crippen LogP contribution >= 0.6 is 0 Å². The highest BCUT2D eigenvalue weighted by atomic mass is 19.1. The summed E-state index contributed by atoms with van der Waals surface area (Å²) in [5.41, 5.74) is 1.01. The molecule has 0 bridgehead atoms. The summed E-state index contributed by atoms with van der Waals surface area (Å²) < 4.78 is 18.1. The fraction of sp³-hybridized carbons (Fsp3) is 0.625. The zero-order valence-electron chi connectivity index (χ0n) is 12.2. The molecule has 1 aromatic rings. The maximum absolute atomic E-state index is 12.9. The second-order valence-corrected chi connectivity index (χ2v) is 6.21. The highest BCUT2D eigenvalue weighted by molar-refractivity contribution is 5.17. The van der Waals surface area contributed by atoms with E-state index in [4.69, 9.17) is 4.74 Å². The maximum Gasteiger partial charge on any atom is 0.123 e. The van der Waals surface area contributed by atoms with Crippen LogP contribution in [-0.4, -0.2) is 37.5 Å². The lowest BCUT2D eigenvalue weighted by molar-refractivity contribution is -0.135. The molecule has 1 fully saturated rings. The molecule has 1 saturated heterocycles. The van der Waals surface area contributed by atoms with E-state index in [1.807, 2.05) is 12.1 Å². The highest BCUT2D eigenvalue weighted by Gasteiger charge is 2.38. The van der Waals surface area contributed by atoms with Crippen molar-refractivity contribution in [2.75, 3.05) is 26.4 Å². The second-order valence-electron chi connectivity index (χ2n) is 6.21. The molecule has 1 aliphatic rings. The van der Waals surface area contributed by atoms with Crippen LogP contribution in [-0.2, 0) is 11.2 Å². The summed E-state index contributed by atoms with van der Waals surface area (Å²) in [6, 6.07) is 6.98. The minimum absolute atomic E-state index is 0.115. The Morgan fingerprint density at radius 2 is 1.95 bits per heavy atom. The Morgan fingerprint density at radius 3 is 2.40 bits per heavy atom. The molecule has 3 nitrogen and oxygen atoms in total. The minimum atomic E-state index is -0.200. The zero-order chi connectivity index (χ0) is 14.6. The first kappa shape index (κ1) is 15.4. The monoisotopic (exact) mass is 281 g/mol. The molecule has 0 saturated carbocycles. The van der Waals surface area contributed by atoms with Crippen LogP contribution in [0.25, 0.3) is 0 Å². The highest BCUT2D eigenvalue weighted by Crippen LogP contribution is 2.26. The summed E-state index contributed by atoms with van der Waals surface area (Å²) in [5.74, 6) is 0.269. The number of aliphatic hydroxyl groups is 1. The van der Waals surface area contributed by atoms with Gasteiger partial charge in [-0.25, -0.2) is 4.39 Å². The Bertz CT molecular complexity index is 409. The number of hydrogen-bond acceptors (Lipinski definition) is 3. The first-order valence-electron chi connectivity index (χ1n) is 7.21. The average molecular weight is 281 g/mol. The van der Waals surface area contributed by atoms with Gasteiger partial charge in [0.15, 0.2) is 0 Å². The van der Waals surface area contributed by atoms with Gasteiger partial charge in [-0.05, 0) is 30.0 Å². The molecule has 112 valence electrons. The normalized spacial score (nSPS) is 18.9. The first-order valence-corrected chi connectivity index (χ1v) is 7.21. The van der Waals surface area contributed by atoms with Crippen molar-refractivity contribution in [3.63, 3.8) is 0 Å². The van der Waals surface area contributed by atoms with E-state index in [2.05, 4.69) is 19.2 Å². The third-order valence-corrected chi connectivity index (χ3v) is 4.06. The van der Waals surface area contributed by atoms with E-state index < -0.39 is 0 Å². The van der Waals surface area contributed by atoms with Crippen LogP contribution in [0.2, 0.25) is 0 Å². The van der Waals surface area contributed by atoms with E-state index in [1.165, 1.54) is 12.1 Å². The van der Waals surface area contributed by atoms with Crippen molar-refractivity contribution in [2.24, 2.45) is 11.3 Å². The van der Waals surface area contributed by atoms with E-state index >= 15 is 0 Å². The van der Waals surface area contributed by atoms with Crippen LogP contribution in [0.15, 0.2) is 24.3 Å². The molecule has 1 unspecified atom stereocenters. The van der Waals surface area contributed by atoms with E-state index in [0.29, 0.717) is 25.2 Å². The molecule has 4 heteroatoms. The Morgan fingerprint density at radius 1 is 1.30 bits per heavy atom. The van der Waals surface area contributed by atoms with E-state index in [-0.39, 0.29) is 17.8 Å². The van der Waals surface area contributed by atoms with E-state index in [0.717, 1.165) is 18.5 Å². The van der Waals surface area contributed by atoms with E-state index in [1.54, 1.807) is 0 Å². The predicted molar refractivity (Wildman–Crippen MR) is 77.1 cm³/mol. The number of nitrogens with one attached hydrogen (secondary N) is 1. The molecule has 1 aromatic carbocycles. The molecule has 0 spiro atoms. The van der Waals surface area contributed by atoms with Gasteiger partial charge in [-0.15, -0.1) is 0 Å². The van der Waals surface area contributed by atoms with Gasteiger partial charge in [-0.2, -0.15) is 0 Å². The fourth-order valence-corrected chi connectivity index (χ4v) is 2.41. The minimum Gasteiger partial charge on any atom is -0.396 e. The van der Waals surface area contributed by atoms with Crippen LogP contribution in [0.1, 0.15) is 19.4 Å². The SMILES string of the molecule is CC(C)C(Cc1ccc(F)cc1)NCC1(CO)COC1. The first-order chi connectivity index (χ1) is 9.54. The largest absolute Gasteiger partial charge is 0.396 e. The second kappa shape index (κ2) is 6.66. The maximum atomic E-state index is 12.9. The van der Waals surface area contributed by atoms with Gasteiger partial charge in [-0.3, -0.25) is 0 Å². The summed E-state index contributed by atoms with van der Waals surface area (Å²) in [6.45, 7) is 6.50. The molecule has 0 radical (unpaired) electrons. The summed E-state index contributed by atoms with van der Waals surface area (Å²) >= 11 is 0. The predicted octanol–water partition coefficient (Wildman–Crippen LogP) is 1.99. The lowest BCUT2D eigenvalue weighted by Crippen LogP contribution is -2.54. The van der Waals surface area contributed by atoms with Crippen LogP contribution < -0.4 is 5.32 Å². The van der Waals surface area contributed by atoms with Gasteiger partial charge < -0.3 is 15.2 Å². The Kier molecular flexibility index (Phi) is 5.13. The summed E-state index contributed by atoms with van der Waals surface area (Å²) in [7, 11) is 0. The molecule has 1 heterocycles. The molecule has 1 aliphatic heterocycles. The van der Waals surface area contributed by atoms with Gasteiger partial charge in [0.25, 0.3) is 0 Å². The summed E-state index contributed by atoms with van der Waals surface area (Å²) in [5, 5.41) is 13.0. The Balaban J connectivity index is 1.91. The summed E-state index contributed by atoms with van der Waals surface area (Å²) in [4.78, 5) is 0. The van der Waals surface area contributed by atoms with Crippen molar-refractivity contribution in [3.05, 3.63) is 35.6 Å². The number of benzene rings is 1. The van der Waals surface area contributed by atoms with Crippen LogP contribution in [0, 0.1) is 17.2 Å². The molecular formula is C16H24FNO2. The third kappa shape index (κ3) is 3.78. The summed E-state index contributed by atoms with van der Waals surface area (Å²) in [6.07, 6.45) is 0.861. The van der Waals surface area contributed by atoms with Gasteiger partial charge in [0.05, 0.1) is 25.2 Å². The lowest BCUT2D eigenvalue weighted by atomic mass is 9.86. The molecule has 0 amide bonds. The van der Waals surface area contributed by atoms with Crippen molar-refractivity contribution in [3.8, 4) is 0 Å². The van der Waals surface area contributed by atoms with Crippen LogP contribution in [0.3, 0.4) is 0 Å². The molecule has 0 aliphatic carbocycles.